The second-order valence-corrected chi connectivity index (χ2v) is 9.29. The van der Waals surface area contributed by atoms with Gasteiger partial charge in [-0.3, -0.25) is 9.52 Å². The number of thiophene rings is 1. The molecule has 0 spiro atoms. The van der Waals surface area contributed by atoms with Gasteiger partial charge in [0.25, 0.3) is 0 Å². The summed E-state index contributed by atoms with van der Waals surface area (Å²) in [5, 5.41) is 30.1. The number of primary sulfonamides is 1. The van der Waals surface area contributed by atoms with Gasteiger partial charge in [-0.1, -0.05) is 4.68 Å². The van der Waals surface area contributed by atoms with Gasteiger partial charge in [0.15, 0.2) is 7.05 Å². The average molecular weight is 486 g/mol. The number of H-pyrrole nitrogens is 1. The van der Waals surface area contributed by atoms with Crippen LogP contribution in [0.15, 0.2) is 43.5 Å². The zero-order chi connectivity index (χ0) is 24.1. The number of fused-ring (bicyclic) bond motifs is 1. The lowest BCUT2D eigenvalue weighted by Crippen LogP contribution is -2.34. The molecule has 0 aliphatic rings. The normalized spacial score (nSPS) is 12.2. The molecule has 0 amide bonds. The summed E-state index contributed by atoms with van der Waals surface area (Å²) in [5.74, 6) is -0.899. The summed E-state index contributed by atoms with van der Waals surface area (Å²) in [7, 11) is -2.41. The molecular formula is C18H14N8O5S2. The van der Waals surface area contributed by atoms with E-state index in [0.717, 1.165) is 11.3 Å². The van der Waals surface area contributed by atoms with Crippen molar-refractivity contribution in [3.8, 4) is 17.3 Å². The van der Waals surface area contributed by atoms with Crippen LogP contribution in [0.2, 0.25) is 0 Å². The molecule has 15 heteroatoms. The maximum absolute atomic E-state index is 12.9. The summed E-state index contributed by atoms with van der Waals surface area (Å²) in [6.45, 7) is 0. The van der Waals surface area contributed by atoms with Gasteiger partial charge in [0.2, 0.25) is 10.0 Å². The maximum atomic E-state index is 12.9. The summed E-state index contributed by atoms with van der Waals surface area (Å²) >= 11 is 0.878. The summed E-state index contributed by atoms with van der Waals surface area (Å²) in [5.41, 5.74) is 11.4. The molecule has 168 valence electrons. The summed E-state index contributed by atoms with van der Waals surface area (Å²) in [4.78, 5) is 20.5. The van der Waals surface area contributed by atoms with Crippen LogP contribution in [0.25, 0.3) is 21.5 Å². The van der Waals surface area contributed by atoms with E-state index in [1.807, 2.05) is 6.07 Å². The lowest BCUT2D eigenvalue weighted by molar-refractivity contribution is -0.730. The number of anilines is 2. The second kappa shape index (κ2) is 7.70. The van der Waals surface area contributed by atoms with E-state index < -0.39 is 21.5 Å². The average Bonchev–Trinajstić information content (AvgIpc) is 3.25. The van der Waals surface area contributed by atoms with E-state index in [-0.39, 0.29) is 54.0 Å². The van der Waals surface area contributed by atoms with E-state index in [1.165, 1.54) is 36.0 Å². The Morgan fingerprint density at radius 2 is 2.00 bits per heavy atom. The molecule has 0 fully saturated rings. The Kier molecular flexibility index (Phi) is 5.13. The van der Waals surface area contributed by atoms with Crippen molar-refractivity contribution in [3.63, 3.8) is 0 Å². The molecule has 3 heterocycles. The Morgan fingerprint density at radius 3 is 2.55 bits per heavy atom. The Balaban J connectivity index is 1.94. The molecule has 0 radical (unpaired) electrons. The SMILES string of the molecule is C[n+]1[nH]oc(=O)c1-c1c(C#N)c(N)nc2sc(C([O-])=Nc3ccc(S(N)(=O)=O)cc3)c(N)c12. The van der Waals surface area contributed by atoms with Crippen LogP contribution in [0.4, 0.5) is 17.2 Å². The zero-order valence-electron chi connectivity index (χ0n) is 16.7. The van der Waals surface area contributed by atoms with Crippen molar-refractivity contribution in [2.45, 2.75) is 4.90 Å². The first-order chi connectivity index (χ1) is 15.5. The number of nitrogens with two attached hydrogens (primary N) is 3. The van der Waals surface area contributed by atoms with E-state index in [9.17, 15) is 23.6 Å². The highest BCUT2D eigenvalue weighted by Crippen LogP contribution is 2.41. The molecular weight excluding hydrogens is 472 g/mol. The van der Waals surface area contributed by atoms with Crippen molar-refractivity contribution in [1.29, 1.82) is 5.26 Å². The van der Waals surface area contributed by atoms with Crippen LogP contribution in [0.1, 0.15) is 10.4 Å². The van der Waals surface area contributed by atoms with E-state index in [4.69, 9.17) is 21.1 Å². The molecule has 0 atom stereocenters. The first-order valence-electron chi connectivity index (χ1n) is 8.91. The Hall–Kier alpha value is -4.26. The fourth-order valence-corrected chi connectivity index (χ4v) is 4.68. The standard InChI is InChI=1S/C18H14N8O5S2/c1-26-13(18(28)31-25-26)10-9(6-19)15(21)24-17-11(10)12(20)14(32-17)16(27)23-7-2-4-8(5-3-7)33(22,29)30/h2-5H,1H3,(H7-,20,21,22,23,24,25,27,28,29,30). The van der Waals surface area contributed by atoms with Crippen molar-refractivity contribution in [2.24, 2.45) is 17.2 Å². The van der Waals surface area contributed by atoms with Crippen molar-refractivity contribution < 1.29 is 22.7 Å². The molecule has 1 aromatic carbocycles. The lowest BCUT2D eigenvalue weighted by Gasteiger charge is -2.10. The van der Waals surface area contributed by atoms with Crippen LogP contribution in [0, 0.1) is 11.3 Å². The number of nitriles is 1. The number of hydrogen-bond donors (Lipinski definition) is 4. The highest BCUT2D eigenvalue weighted by Gasteiger charge is 2.31. The number of sulfonamides is 1. The second-order valence-electron chi connectivity index (χ2n) is 6.73. The zero-order valence-corrected chi connectivity index (χ0v) is 18.3. The number of hydrogen-bond acceptors (Lipinski definition) is 11. The number of nitrogen functional groups attached to an aromatic ring is 2. The van der Waals surface area contributed by atoms with Crippen molar-refractivity contribution >= 4 is 54.7 Å². The topological polar surface area (TPSA) is 234 Å². The number of rotatable bonds is 4. The number of aliphatic imine (C=N–C) groups is 1. The monoisotopic (exact) mass is 486 g/mol. The molecule has 7 N–H and O–H groups in total. The molecule has 0 unspecified atom stereocenters. The lowest BCUT2D eigenvalue weighted by atomic mass is 10.0. The van der Waals surface area contributed by atoms with Gasteiger partial charge in [0.1, 0.15) is 22.3 Å². The highest BCUT2D eigenvalue weighted by molar-refractivity contribution is 7.89. The first-order valence-corrected chi connectivity index (χ1v) is 11.3. The van der Waals surface area contributed by atoms with Crippen molar-refractivity contribution in [2.75, 3.05) is 11.5 Å². The Morgan fingerprint density at radius 1 is 1.33 bits per heavy atom. The molecule has 3 aromatic heterocycles. The quantitative estimate of drug-likeness (QED) is 0.160. The number of pyridine rings is 1. The Bertz CT molecular complexity index is 1660. The van der Waals surface area contributed by atoms with Gasteiger partial charge in [-0.05, 0) is 29.5 Å². The molecule has 0 bridgehead atoms. The van der Waals surface area contributed by atoms with E-state index in [0.29, 0.717) is 0 Å². The van der Waals surface area contributed by atoms with Gasteiger partial charge in [0, 0.05) is 5.90 Å². The predicted molar refractivity (Wildman–Crippen MR) is 117 cm³/mol. The van der Waals surface area contributed by atoms with E-state index >= 15 is 0 Å². The van der Waals surface area contributed by atoms with Crippen molar-refractivity contribution in [1.82, 2.24) is 10.3 Å². The first kappa shape index (κ1) is 22.0. The largest absolute Gasteiger partial charge is 0.858 e. The third-order valence-electron chi connectivity index (χ3n) is 4.65. The minimum absolute atomic E-state index is 0.00802. The van der Waals surface area contributed by atoms with Gasteiger partial charge in [-0.2, -0.15) is 5.26 Å². The number of benzene rings is 1. The van der Waals surface area contributed by atoms with E-state index in [2.05, 4.69) is 15.2 Å². The molecule has 4 aromatic rings. The molecule has 0 saturated heterocycles. The van der Waals surface area contributed by atoms with E-state index in [1.54, 1.807) is 0 Å². The summed E-state index contributed by atoms with van der Waals surface area (Å²) in [6, 6.07) is 6.94. The minimum Gasteiger partial charge on any atom is -0.858 e. The predicted octanol–water partition coefficient (Wildman–Crippen LogP) is -0.809. The number of nitrogens with one attached hydrogen (secondary N) is 1. The Labute approximate surface area is 189 Å². The van der Waals surface area contributed by atoms with Crippen LogP contribution >= 0.6 is 11.3 Å². The van der Waals surface area contributed by atoms with Gasteiger partial charge in [-0.25, -0.2) is 23.3 Å². The molecule has 0 saturated carbocycles. The van der Waals surface area contributed by atoms with Gasteiger partial charge in [0.05, 0.1) is 32.1 Å². The van der Waals surface area contributed by atoms with Crippen LogP contribution in [-0.2, 0) is 17.1 Å². The molecule has 0 aliphatic heterocycles. The van der Waals surface area contributed by atoms with Gasteiger partial charge < -0.3 is 16.6 Å². The third kappa shape index (κ3) is 3.67. The fourth-order valence-electron chi connectivity index (χ4n) is 3.17. The number of nitrogens with zero attached hydrogens (tertiary/aromatic N) is 4. The molecule has 4 rings (SSSR count). The number of aromatic nitrogens is 3. The van der Waals surface area contributed by atoms with Crippen LogP contribution in [-0.4, -0.2) is 24.6 Å². The van der Waals surface area contributed by atoms with Gasteiger partial charge in [-0.15, -0.1) is 11.3 Å². The molecule has 13 nitrogen and oxygen atoms in total. The highest BCUT2D eigenvalue weighted by atomic mass is 32.2. The summed E-state index contributed by atoms with van der Waals surface area (Å²) < 4.78 is 28.8. The van der Waals surface area contributed by atoms with Crippen LogP contribution in [0.5, 0.6) is 0 Å². The number of aromatic amines is 1. The molecule has 33 heavy (non-hydrogen) atoms. The summed E-state index contributed by atoms with van der Waals surface area (Å²) in [6.07, 6.45) is 0. The van der Waals surface area contributed by atoms with Gasteiger partial charge >= 0.3 is 11.3 Å². The third-order valence-corrected chi connectivity index (χ3v) is 6.66. The molecule has 0 aliphatic carbocycles. The number of aryl methyl sites for hydroxylation is 1. The van der Waals surface area contributed by atoms with Crippen LogP contribution < -0.4 is 32.0 Å². The van der Waals surface area contributed by atoms with Crippen LogP contribution in [0.3, 0.4) is 0 Å². The minimum atomic E-state index is -3.90. The smallest absolute Gasteiger partial charge is 0.435 e. The van der Waals surface area contributed by atoms with Crippen molar-refractivity contribution in [3.05, 3.63) is 45.1 Å². The maximum Gasteiger partial charge on any atom is 0.435 e. The fraction of sp³-hybridized carbons (Fsp3) is 0.0556.